The van der Waals surface area contributed by atoms with Crippen LogP contribution in [0.25, 0.3) is 0 Å². The highest BCUT2D eigenvalue weighted by molar-refractivity contribution is 6.24. The summed E-state index contributed by atoms with van der Waals surface area (Å²) in [7, 11) is 0. The van der Waals surface area contributed by atoms with Crippen molar-refractivity contribution in [3.8, 4) is 0 Å². The maximum Gasteiger partial charge on any atom is 0.407 e. The highest BCUT2D eigenvalue weighted by atomic mass is 16.6. The van der Waals surface area contributed by atoms with E-state index in [1.54, 1.807) is 36.4 Å². The predicted octanol–water partition coefficient (Wildman–Crippen LogP) is 9.24. The number of nitrogens with two attached hydrogens (primary N) is 1. The minimum atomic E-state index is -0.999. The van der Waals surface area contributed by atoms with Crippen molar-refractivity contribution in [2.24, 2.45) is 5.73 Å². The van der Waals surface area contributed by atoms with Gasteiger partial charge in [-0.2, -0.15) is 0 Å². The van der Waals surface area contributed by atoms with Gasteiger partial charge >= 0.3 is 6.09 Å². The van der Waals surface area contributed by atoms with Gasteiger partial charge in [0, 0.05) is 45.1 Å². The molecule has 0 spiro atoms. The molecule has 18 heteroatoms. The first-order valence-electron chi connectivity index (χ1n) is 29.3. The maximum atomic E-state index is 13.0. The number of ketones is 2. The second-order valence-electron chi connectivity index (χ2n) is 22.6. The lowest BCUT2D eigenvalue weighted by Gasteiger charge is -2.27. The maximum absolute atomic E-state index is 13.0. The van der Waals surface area contributed by atoms with Crippen LogP contribution in [0.1, 0.15) is 253 Å². The Morgan fingerprint density at radius 1 is 0.506 bits per heavy atom. The first-order chi connectivity index (χ1) is 37.9. The Balaban J connectivity index is 0.000000295. The number of unbranched alkanes of at least 4 members (excludes halogenated alkanes) is 20. The van der Waals surface area contributed by atoms with Crippen LogP contribution in [-0.4, -0.2) is 105 Å². The van der Waals surface area contributed by atoms with E-state index in [9.17, 15) is 52.7 Å². The number of amides is 9. The lowest BCUT2D eigenvalue weighted by Crippen LogP contribution is -2.54. The molecule has 2 saturated heterocycles. The van der Waals surface area contributed by atoms with Gasteiger partial charge in [-0.1, -0.05) is 128 Å². The summed E-state index contributed by atoms with van der Waals surface area (Å²) in [5.74, 6) is -4.06. The standard InChI is InChI=1S/C33H47N3O7.C28H39N3O5/c1-33(2,3)43-32(42)34-20-14-12-10-8-6-4-5-7-9-11-13-15-24(37)21-23-16-17-25-26(22-23)31(41)36(30(25)40)27-18-19-28(38)35-29(27)39;29-17-11-9-7-5-3-1-2-4-6-8-10-12-21(32)18-20-13-14-22-23(19-20)28(36)31(27(22)35)24-15-16-25(33)30-26(24)34/h16-17,22,27H,4-15,18-21H2,1-3H3,(H,34,42)(H,35,38,39);13-14,19,24H,1-12,15-18,29H2,(H,30,33,34). The molecule has 18 nitrogen and oxygen atoms in total. The third-order valence-electron chi connectivity index (χ3n) is 14.8. The van der Waals surface area contributed by atoms with Crippen molar-refractivity contribution in [1.82, 2.24) is 25.8 Å². The monoisotopic (exact) mass is 1090 g/mol. The molecule has 2 unspecified atom stereocenters. The van der Waals surface area contributed by atoms with Crippen LogP contribution in [0.15, 0.2) is 36.4 Å². The van der Waals surface area contributed by atoms with E-state index in [1.807, 2.05) is 20.8 Å². The number of Topliss-reactive ketones (excluding diaryl/α,β-unsaturated/α-hetero) is 2. The van der Waals surface area contributed by atoms with Crippen LogP contribution in [0.4, 0.5) is 4.79 Å². The number of imide groups is 4. The second kappa shape index (κ2) is 32.6. The summed E-state index contributed by atoms with van der Waals surface area (Å²) in [5, 5.41) is 7.17. The fourth-order valence-electron chi connectivity index (χ4n) is 10.5. The molecule has 0 radical (unpaired) electrons. The largest absolute Gasteiger partial charge is 0.444 e. The SMILES string of the molecule is CC(C)(C)OC(=O)NCCCCCCCCCCCCCC(=O)Cc1ccc2c(c1)C(=O)N(C1CCC(=O)NC1=O)C2=O.NCCCCCCCCCCCCCC(=O)Cc1ccc2c(c1)C(=O)N(C1CCC(=O)NC1=O)C2=O. The Morgan fingerprint density at radius 2 is 0.848 bits per heavy atom. The molecule has 4 aliphatic heterocycles. The smallest absolute Gasteiger partial charge is 0.407 e. The number of nitrogens with zero attached hydrogens (tertiary/aromatic N) is 2. The average molecular weight is 1100 g/mol. The number of hydrogen-bond donors (Lipinski definition) is 4. The van der Waals surface area contributed by atoms with Gasteiger partial charge in [-0.15, -0.1) is 0 Å². The highest BCUT2D eigenvalue weighted by Gasteiger charge is 2.46. The van der Waals surface area contributed by atoms with E-state index in [-0.39, 0.29) is 78.4 Å². The van der Waals surface area contributed by atoms with E-state index in [4.69, 9.17) is 10.5 Å². The van der Waals surface area contributed by atoms with Gasteiger partial charge in [-0.3, -0.25) is 68.4 Å². The highest BCUT2D eigenvalue weighted by Crippen LogP contribution is 2.31. The summed E-state index contributed by atoms with van der Waals surface area (Å²) in [6.45, 7) is 7.00. The van der Waals surface area contributed by atoms with E-state index < -0.39 is 64.9 Å². The number of carbonyl (C=O) groups is 11. The molecule has 0 saturated carbocycles. The molecule has 6 rings (SSSR count). The Labute approximate surface area is 466 Å². The number of piperidine rings is 2. The molecule has 4 heterocycles. The second-order valence-corrected chi connectivity index (χ2v) is 22.6. The lowest BCUT2D eigenvalue weighted by atomic mass is 9.99. The summed E-state index contributed by atoms with van der Waals surface area (Å²) in [4.78, 5) is 137. The minimum absolute atomic E-state index is 0.0722. The normalized spacial score (nSPS) is 17.1. The van der Waals surface area contributed by atoms with Gasteiger partial charge in [0.15, 0.2) is 0 Å². The van der Waals surface area contributed by atoms with E-state index in [0.717, 1.165) is 74.1 Å². The zero-order chi connectivity index (χ0) is 57.3. The fourth-order valence-corrected chi connectivity index (χ4v) is 10.5. The van der Waals surface area contributed by atoms with Crippen molar-refractivity contribution < 1.29 is 57.5 Å². The molecule has 2 atom stereocenters. The fraction of sp³-hybridized carbons (Fsp3) is 0.623. The number of fused-ring (bicyclic) bond motifs is 2. The molecular weight excluding hydrogens is 1010 g/mol. The van der Waals surface area contributed by atoms with E-state index in [1.165, 1.54) is 83.5 Å². The molecule has 5 N–H and O–H groups in total. The molecule has 0 bridgehead atoms. The molecule has 2 aromatic carbocycles. The van der Waals surface area contributed by atoms with Crippen molar-refractivity contribution in [2.45, 2.75) is 231 Å². The van der Waals surface area contributed by atoms with Crippen molar-refractivity contribution in [3.63, 3.8) is 0 Å². The number of carbonyl (C=O) groups excluding carboxylic acids is 11. The quantitative estimate of drug-likeness (QED) is 0.0384. The van der Waals surface area contributed by atoms with Gasteiger partial charge in [0.2, 0.25) is 23.6 Å². The van der Waals surface area contributed by atoms with Crippen LogP contribution >= 0.6 is 0 Å². The molecular formula is C61H86N6O12. The average Bonchev–Trinajstić information content (AvgIpc) is 4.07. The Hall–Kier alpha value is -6.43. The summed E-state index contributed by atoms with van der Waals surface area (Å²) in [6, 6.07) is 7.69. The molecule has 2 aromatic rings. The summed E-state index contributed by atoms with van der Waals surface area (Å²) >= 11 is 0. The van der Waals surface area contributed by atoms with Gasteiger partial charge in [-0.25, -0.2) is 4.79 Å². The van der Waals surface area contributed by atoms with Gasteiger partial charge in [0.25, 0.3) is 23.6 Å². The number of benzene rings is 2. The van der Waals surface area contributed by atoms with Gasteiger partial charge in [0.1, 0.15) is 29.3 Å². The zero-order valence-corrected chi connectivity index (χ0v) is 47.1. The minimum Gasteiger partial charge on any atom is -0.444 e. The van der Waals surface area contributed by atoms with Crippen LogP contribution in [0.3, 0.4) is 0 Å². The number of alkyl carbamates (subject to hydrolysis) is 1. The molecule has 79 heavy (non-hydrogen) atoms. The topological polar surface area (TPSA) is 266 Å². The summed E-state index contributed by atoms with van der Waals surface area (Å²) in [5.41, 5.74) is 7.28. The van der Waals surface area contributed by atoms with Gasteiger partial charge in [0.05, 0.1) is 22.3 Å². The molecule has 9 amide bonds. The van der Waals surface area contributed by atoms with E-state index in [0.29, 0.717) is 30.5 Å². The number of nitrogens with one attached hydrogen (secondary N) is 3. The predicted molar refractivity (Wildman–Crippen MR) is 298 cm³/mol. The van der Waals surface area contributed by atoms with E-state index >= 15 is 0 Å². The number of ether oxygens (including phenoxy) is 1. The molecule has 432 valence electrons. The Kier molecular flexibility index (Phi) is 26.2. The van der Waals surface area contributed by atoms with Crippen LogP contribution in [0.2, 0.25) is 0 Å². The summed E-state index contributed by atoms with van der Waals surface area (Å²) < 4.78 is 5.22. The lowest BCUT2D eigenvalue weighted by molar-refractivity contribution is -0.137. The Bertz CT molecular complexity index is 2500. The van der Waals surface area contributed by atoms with Crippen LogP contribution in [0.5, 0.6) is 0 Å². The van der Waals surface area contributed by atoms with E-state index in [2.05, 4.69) is 16.0 Å². The van der Waals surface area contributed by atoms with Crippen molar-refractivity contribution in [1.29, 1.82) is 0 Å². The van der Waals surface area contributed by atoms with Crippen molar-refractivity contribution in [2.75, 3.05) is 13.1 Å². The van der Waals surface area contributed by atoms with Gasteiger partial charge in [-0.05, 0) is 101 Å². The molecule has 0 aromatic heterocycles. The van der Waals surface area contributed by atoms with Gasteiger partial charge < -0.3 is 15.8 Å². The van der Waals surface area contributed by atoms with Crippen molar-refractivity contribution in [3.05, 3.63) is 69.8 Å². The van der Waals surface area contributed by atoms with Crippen molar-refractivity contribution >= 4 is 64.9 Å². The number of hydrogen-bond acceptors (Lipinski definition) is 13. The first kappa shape index (κ1) is 63.4. The van der Waals surface area contributed by atoms with Crippen LogP contribution in [-0.2, 0) is 46.3 Å². The first-order valence-corrected chi connectivity index (χ1v) is 29.3. The Morgan fingerprint density at radius 3 is 1.20 bits per heavy atom. The third kappa shape index (κ3) is 20.6. The molecule has 2 fully saturated rings. The molecule has 4 aliphatic rings. The zero-order valence-electron chi connectivity index (χ0n) is 47.1. The third-order valence-corrected chi connectivity index (χ3v) is 14.8. The summed E-state index contributed by atoms with van der Waals surface area (Å²) in [6.07, 6.45) is 26.7. The number of rotatable bonds is 33. The molecule has 0 aliphatic carbocycles. The van der Waals surface area contributed by atoms with Crippen LogP contribution < -0.4 is 21.7 Å². The van der Waals surface area contributed by atoms with Crippen LogP contribution in [0, 0.1) is 0 Å².